The molecule has 2 aromatic rings. The van der Waals surface area contributed by atoms with E-state index in [-0.39, 0.29) is 22.4 Å². The molecule has 1 heterocycles. The van der Waals surface area contributed by atoms with Gasteiger partial charge in [-0.25, -0.2) is 0 Å². The molecule has 0 radical (unpaired) electrons. The van der Waals surface area contributed by atoms with Gasteiger partial charge in [0.05, 0.1) is 12.8 Å². The van der Waals surface area contributed by atoms with Crippen LogP contribution in [0.15, 0.2) is 47.4 Å². The Morgan fingerprint density at radius 1 is 1.03 bits per heavy atom. The molecule has 0 atom stereocenters. The van der Waals surface area contributed by atoms with Gasteiger partial charge in [-0.05, 0) is 73.7 Å². The van der Waals surface area contributed by atoms with Crippen LogP contribution in [0.4, 0.5) is 0 Å². The van der Waals surface area contributed by atoms with Crippen LogP contribution in [0.25, 0.3) is 0 Å². The fourth-order valence-electron chi connectivity index (χ4n) is 6.72. The van der Waals surface area contributed by atoms with Gasteiger partial charge in [-0.15, -0.1) is 17.0 Å². The van der Waals surface area contributed by atoms with Gasteiger partial charge in [0.1, 0.15) is 0 Å². The largest absolute Gasteiger partial charge is 0.488 e. The first kappa shape index (κ1) is 22.1. The van der Waals surface area contributed by atoms with Gasteiger partial charge in [0.2, 0.25) is 5.43 Å². The molecular formula is C25H31Br2NO2. The number of pyridine rings is 1. The minimum atomic E-state index is -0.00530. The molecule has 30 heavy (non-hydrogen) atoms. The van der Waals surface area contributed by atoms with Crippen molar-refractivity contribution in [2.45, 2.75) is 56.8 Å². The Kier molecular flexibility index (Phi) is 6.79. The number of nitrogens with zero attached hydrogens (tertiary/aromatic N) is 1. The second-order valence-electron chi connectivity index (χ2n) is 9.76. The first-order chi connectivity index (χ1) is 14.1. The van der Waals surface area contributed by atoms with Crippen LogP contribution in [-0.4, -0.2) is 11.2 Å². The molecule has 162 valence electrons. The molecule has 3 nitrogen and oxygen atoms in total. The van der Waals surface area contributed by atoms with E-state index in [0.717, 1.165) is 36.4 Å². The fraction of sp³-hybridized carbons (Fsp3) is 0.560. The second kappa shape index (κ2) is 9.20. The monoisotopic (exact) mass is 535 g/mol. The summed E-state index contributed by atoms with van der Waals surface area (Å²) >= 11 is 3.52. The van der Waals surface area contributed by atoms with Crippen LogP contribution < -0.4 is 10.2 Å². The summed E-state index contributed by atoms with van der Waals surface area (Å²) in [6, 6.07) is 12.1. The maximum absolute atomic E-state index is 12.6. The Morgan fingerprint density at radius 3 is 2.27 bits per heavy atom. The Hall–Kier alpha value is -1.07. The Bertz CT molecular complexity index is 889. The van der Waals surface area contributed by atoms with Gasteiger partial charge in [0.25, 0.3) is 0 Å². The summed E-state index contributed by atoms with van der Waals surface area (Å²) in [4.78, 5) is 12.6. The molecule has 6 rings (SSSR count). The summed E-state index contributed by atoms with van der Waals surface area (Å²) in [5.74, 6) is 3.38. The summed E-state index contributed by atoms with van der Waals surface area (Å²) in [5, 5.41) is 0.655. The quantitative estimate of drug-likeness (QED) is 0.386. The molecule has 4 aliphatic carbocycles. The summed E-state index contributed by atoms with van der Waals surface area (Å²) < 4.78 is 8.24. The number of rotatable bonds is 7. The molecule has 1 aromatic carbocycles. The van der Waals surface area contributed by atoms with Gasteiger partial charge in [-0.1, -0.05) is 46.3 Å². The van der Waals surface area contributed by atoms with E-state index in [1.165, 1.54) is 44.1 Å². The van der Waals surface area contributed by atoms with Crippen molar-refractivity contribution in [1.82, 2.24) is 4.57 Å². The van der Waals surface area contributed by atoms with Crippen molar-refractivity contribution < 1.29 is 4.74 Å². The normalized spacial score (nSPS) is 28.9. The predicted octanol–water partition coefficient (Wildman–Crippen LogP) is 6.35. The maximum atomic E-state index is 12.6. The van der Waals surface area contributed by atoms with Crippen molar-refractivity contribution >= 4 is 32.9 Å². The number of benzene rings is 1. The highest BCUT2D eigenvalue weighted by Gasteiger charge is 2.50. The molecule has 0 N–H and O–H groups in total. The van der Waals surface area contributed by atoms with Gasteiger partial charge in [0, 0.05) is 23.6 Å². The predicted molar refractivity (Wildman–Crippen MR) is 130 cm³/mol. The van der Waals surface area contributed by atoms with Gasteiger partial charge < -0.3 is 9.30 Å². The lowest BCUT2D eigenvalue weighted by molar-refractivity contribution is -0.0623. The first-order valence-corrected chi connectivity index (χ1v) is 12.2. The minimum absolute atomic E-state index is 0. The van der Waals surface area contributed by atoms with Gasteiger partial charge in [-0.2, -0.15) is 0 Å². The zero-order chi connectivity index (χ0) is 19.8. The van der Waals surface area contributed by atoms with Gasteiger partial charge in [-0.3, -0.25) is 4.79 Å². The zero-order valence-corrected chi connectivity index (χ0v) is 20.7. The number of hydrogen-bond acceptors (Lipinski definition) is 2. The van der Waals surface area contributed by atoms with Crippen LogP contribution in [0.3, 0.4) is 0 Å². The first-order valence-electron chi connectivity index (χ1n) is 11.1. The van der Waals surface area contributed by atoms with Gasteiger partial charge in [0.15, 0.2) is 5.75 Å². The molecule has 0 spiro atoms. The molecule has 4 saturated carbocycles. The third kappa shape index (κ3) is 4.57. The van der Waals surface area contributed by atoms with Crippen LogP contribution in [0.5, 0.6) is 5.75 Å². The molecule has 4 fully saturated rings. The van der Waals surface area contributed by atoms with Crippen LogP contribution >= 0.6 is 32.9 Å². The van der Waals surface area contributed by atoms with Crippen molar-refractivity contribution in [3.63, 3.8) is 0 Å². The molecule has 4 bridgehead atoms. The molecule has 5 heteroatoms. The molecule has 0 aliphatic heterocycles. The highest BCUT2D eigenvalue weighted by Crippen LogP contribution is 2.61. The SMILES string of the molecule is Br.O=c1cc(CBr)n(Cc2ccccc2)cc1OCCC12CC3CC(CC(C3)C1)C2. The Balaban J connectivity index is 0.00000218. The van der Waals surface area contributed by atoms with Crippen LogP contribution in [0.1, 0.15) is 56.2 Å². The lowest BCUT2D eigenvalue weighted by Gasteiger charge is -2.57. The van der Waals surface area contributed by atoms with Crippen molar-refractivity contribution in [3.8, 4) is 5.75 Å². The Morgan fingerprint density at radius 2 is 1.67 bits per heavy atom. The van der Waals surface area contributed by atoms with Crippen LogP contribution in [-0.2, 0) is 11.9 Å². The van der Waals surface area contributed by atoms with E-state index < -0.39 is 0 Å². The average Bonchev–Trinajstić information content (AvgIpc) is 2.69. The lowest BCUT2D eigenvalue weighted by atomic mass is 9.49. The van der Waals surface area contributed by atoms with Crippen molar-refractivity contribution in [1.29, 1.82) is 0 Å². The third-order valence-electron chi connectivity index (χ3n) is 7.57. The molecule has 4 aliphatic rings. The Labute approximate surface area is 198 Å². The zero-order valence-electron chi connectivity index (χ0n) is 17.4. The van der Waals surface area contributed by atoms with Gasteiger partial charge >= 0.3 is 0 Å². The van der Waals surface area contributed by atoms with Crippen molar-refractivity contribution in [2.75, 3.05) is 6.61 Å². The summed E-state index contributed by atoms with van der Waals surface area (Å²) in [5.41, 5.74) is 2.69. The van der Waals surface area contributed by atoms with E-state index in [0.29, 0.717) is 23.1 Å². The van der Waals surface area contributed by atoms with Crippen LogP contribution in [0.2, 0.25) is 0 Å². The summed E-state index contributed by atoms with van der Waals surface area (Å²) in [6.45, 7) is 1.41. The smallest absolute Gasteiger partial charge is 0.223 e. The van der Waals surface area contributed by atoms with E-state index in [1.54, 1.807) is 6.07 Å². The minimum Gasteiger partial charge on any atom is -0.488 e. The maximum Gasteiger partial charge on any atom is 0.223 e. The number of aromatic nitrogens is 1. The third-order valence-corrected chi connectivity index (χ3v) is 8.14. The highest BCUT2D eigenvalue weighted by atomic mass is 79.9. The summed E-state index contributed by atoms with van der Waals surface area (Å²) in [7, 11) is 0. The number of halogens is 2. The molecule has 0 amide bonds. The summed E-state index contributed by atoms with van der Waals surface area (Å²) in [6.07, 6.45) is 11.6. The lowest BCUT2D eigenvalue weighted by Crippen LogP contribution is -2.46. The average molecular weight is 537 g/mol. The van der Waals surface area contributed by atoms with E-state index in [2.05, 4.69) is 44.8 Å². The number of hydrogen-bond donors (Lipinski definition) is 0. The number of ether oxygens (including phenoxy) is 1. The van der Waals surface area contributed by atoms with E-state index >= 15 is 0 Å². The molecular weight excluding hydrogens is 506 g/mol. The number of alkyl halides is 1. The second-order valence-corrected chi connectivity index (χ2v) is 10.3. The molecule has 0 saturated heterocycles. The fourth-order valence-corrected chi connectivity index (χ4v) is 7.20. The topological polar surface area (TPSA) is 31.2 Å². The standard InChI is InChI=1S/C25H30BrNO2.BrH/c26-15-22-11-23(28)24(17-27(22)16-18-4-2-1-3-5-18)29-7-6-25-12-19-8-20(13-25)10-21(9-19)14-25;/h1-5,11,17,19-21H,6-10,12-16H2;1H. The van der Waals surface area contributed by atoms with Crippen molar-refractivity contribution in [3.05, 3.63) is 64.1 Å². The van der Waals surface area contributed by atoms with E-state index in [4.69, 9.17) is 4.74 Å². The van der Waals surface area contributed by atoms with E-state index in [1.807, 2.05) is 12.3 Å². The molecule has 0 unspecified atom stereocenters. The highest BCUT2D eigenvalue weighted by molar-refractivity contribution is 9.08. The molecule has 1 aromatic heterocycles. The van der Waals surface area contributed by atoms with Crippen molar-refractivity contribution in [2.24, 2.45) is 23.2 Å². The van der Waals surface area contributed by atoms with Crippen LogP contribution in [0, 0.1) is 23.2 Å². The van der Waals surface area contributed by atoms with E-state index in [9.17, 15) is 4.79 Å².